The van der Waals surface area contributed by atoms with Gasteiger partial charge in [0.2, 0.25) is 5.91 Å². The van der Waals surface area contributed by atoms with Crippen LogP contribution in [-0.2, 0) is 4.79 Å². The molecule has 1 aromatic rings. The summed E-state index contributed by atoms with van der Waals surface area (Å²) < 4.78 is 0. The number of amides is 1. The highest BCUT2D eigenvalue weighted by atomic mass is 32.1. The quantitative estimate of drug-likeness (QED) is 0.647. The molecule has 0 aliphatic carbocycles. The number of carbonyl (C=O) groups excluding carboxylic acids is 1. The van der Waals surface area contributed by atoms with Gasteiger partial charge < -0.3 is 15.5 Å². The van der Waals surface area contributed by atoms with Gasteiger partial charge in [-0.25, -0.2) is 0 Å². The van der Waals surface area contributed by atoms with Crippen LogP contribution in [0.3, 0.4) is 0 Å². The smallest absolute Gasteiger partial charge is 0.222 e. The molecule has 0 saturated carbocycles. The lowest BCUT2D eigenvalue weighted by Gasteiger charge is -2.20. The Hall–Kier alpha value is -1.62. The van der Waals surface area contributed by atoms with Gasteiger partial charge in [0.05, 0.1) is 0 Å². The summed E-state index contributed by atoms with van der Waals surface area (Å²) in [6, 6.07) is 8.13. The average molecular weight is 319 g/mol. The Labute approximate surface area is 138 Å². The molecule has 120 valence electrons. The van der Waals surface area contributed by atoms with Gasteiger partial charge in [-0.1, -0.05) is 24.1 Å². The maximum atomic E-state index is 11.9. The molecule has 1 aliphatic heterocycles. The standard InChI is InChI=1S/C17H25N3OS/c1-14-7-9-15(10-8-14)19-17(22)18-11-5-13-20-12-4-2-3-6-16(20)21/h7-10H,2-6,11-13H2,1H3,(H2,18,19,22). The number of thiocarbonyl (C=S) groups is 1. The maximum absolute atomic E-state index is 11.9. The van der Waals surface area contributed by atoms with E-state index in [1.54, 1.807) is 0 Å². The molecule has 0 spiro atoms. The molecular formula is C17H25N3OS. The second kappa shape index (κ2) is 8.73. The van der Waals surface area contributed by atoms with Crippen molar-refractivity contribution in [1.29, 1.82) is 0 Å². The number of benzene rings is 1. The first kappa shape index (κ1) is 16.7. The molecule has 0 unspecified atom stereocenters. The Bertz CT molecular complexity index is 501. The van der Waals surface area contributed by atoms with Gasteiger partial charge in [0, 0.05) is 31.7 Å². The van der Waals surface area contributed by atoms with Crippen LogP contribution in [0.5, 0.6) is 0 Å². The number of likely N-dealkylation sites (tertiary alicyclic amines) is 1. The van der Waals surface area contributed by atoms with Crippen molar-refractivity contribution in [3.05, 3.63) is 29.8 Å². The highest BCUT2D eigenvalue weighted by molar-refractivity contribution is 7.80. The zero-order valence-corrected chi connectivity index (χ0v) is 14.0. The second-order valence-corrected chi connectivity index (χ2v) is 6.20. The molecule has 1 saturated heterocycles. The molecule has 0 bridgehead atoms. The summed E-state index contributed by atoms with van der Waals surface area (Å²) in [4.78, 5) is 13.9. The van der Waals surface area contributed by atoms with Crippen molar-refractivity contribution in [2.24, 2.45) is 0 Å². The van der Waals surface area contributed by atoms with Gasteiger partial charge >= 0.3 is 0 Å². The molecule has 0 radical (unpaired) electrons. The van der Waals surface area contributed by atoms with Crippen LogP contribution in [0, 0.1) is 6.92 Å². The first-order chi connectivity index (χ1) is 10.6. The van der Waals surface area contributed by atoms with E-state index in [9.17, 15) is 4.79 Å². The lowest BCUT2D eigenvalue weighted by atomic mass is 10.2. The van der Waals surface area contributed by atoms with Crippen molar-refractivity contribution in [2.45, 2.75) is 39.0 Å². The molecule has 1 amide bonds. The second-order valence-electron chi connectivity index (χ2n) is 5.79. The first-order valence-corrected chi connectivity index (χ1v) is 8.45. The van der Waals surface area contributed by atoms with Gasteiger partial charge in [0.1, 0.15) is 0 Å². The fourth-order valence-corrected chi connectivity index (χ4v) is 2.78. The van der Waals surface area contributed by atoms with Crippen LogP contribution in [-0.4, -0.2) is 35.6 Å². The van der Waals surface area contributed by atoms with Crippen molar-refractivity contribution >= 4 is 28.9 Å². The lowest BCUT2D eigenvalue weighted by Crippen LogP contribution is -2.35. The third kappa shape index (κ3) is 5.64. The Morgan fingerprint density at radius 3 is 2.77 bits per heavy atom. The number of aryl methyl sites for hydroxylation is 1. The highest BCUT2D eigenvalue weighted by Gasteiger charge is 2.15. The van der Waals surface area contributed by atoms with Crippen LogP contribution >= 0.6 is 12.2 Å². The molecule has 0 atom stereocenters. The number of nitrogens with zero attached hydrogens (tertiary/aromatic N) is 1. The van der Waals surface area contributed by atoms with Crippen molar-refractivity contribution in [2.75, 3.05) is 25.0 Å². The number of hydrogen-bond acceptors (Lipinski definition) is 2. The van der Waals surface area contributed by atoms with E-state index in [0.717, 1.165) is 44.6 Å². The van der Waals surface area contributed by atoms with Crippen LogP contribution in [0.2, 0.25) is 0 Å². The number of nitrogens with one attached hydrogen (secondary N) is 2. The van der Waals surface area contributed by atoms with Crippen LogP contribution in [0.25, 0.3) is 0 Å². The molecule has 5 heteroatoms. The molecule has 22 heavy (non-hydrogen) atoms. The summed E-state index contributed by atoms with van der Waals surface area (Å²) in [6.45, 7) is 4.57. The molecule has 1 aliphatic rings. The zero-order valence-electron chi connectivity index (χ0n) is 13.2. The molecule has 1 aromatic carbocycles. The third-order valence-corrected chi connectivity index (χ3v) is 4.12. The zero-order chi connectivity index (χ0) is 15.8. The lowest BCUT2D eigenvalue weighted by molar-refractivity contribution is -0.130. The van der Waals surface area contributed by atoms with Gasteiger partial charge in [-0.05, 0) is 50.5 Å². The number of carbonyl (C=O) groups is 1. The van der Waals surface area contributed by atoms with E-state index >= 15 is 0 Å². The van der Waals surface area contributed by atoms with Crippen LogP contribution < -0.4 is 10.6 Å². The predicted molar refractivity (Wildman–Crippen MR) is 95.1 cm³/mol. The molecule has 2 N–H and O–H groups in total. The topological polar surface area (TPSA) is 44.4 Å². The SMILES string of the molecule is Cc1ccc(NC(=S)NCCCN2CCCCCC2=O)cc1. The average Bonchev–Trinajstić information content (AvgIpc) is 2.71. The summed E-state index contributed by atoms with van der Waals surface area (Å²) >= 11 is 5.28. The summed E-state index contributed by atoms with van der Waals surface area (Å²) in [5.74, 6) is 0.304. The van der Waals surface area contributed by atoms with Crippen LogP contribution in [0.4, 0.5) is 5.69 Å². The van der Waals surface area contributed by atoms with Gasteiger partial charge in [-0.15, -0.1) is 0 Å². The monoisotopic (exact) mass is 319 g/mol. The fraction of sp³-hybridized carbons (Fsp3) is 0.529. The van der Waals surface area contributed by atoms with Crippen molar-refractivity contribution < 1.29 is 4.79 Å². The Morgan fingerprint density at radius 1 is 1.23 bits per heavy atom. The maximum Gasteiger partial charge on any atom is 0.222 e. The third-order valence-electron chi connectivity index (χ3n) is 3.87. The first-order valence-electron chi connectivity index (χ1n) is 8.04. The van der Waals surface area contributed by atoms with Gasteiger partial charge in [-0.3, -0.25) is 4.79 Å². The fourth-order valence-electron chi connectivity index (χ4n) is 2.56. The van der Waals surface area contributed by atoms with E-state index in [-0.39, 0.29) is 0 Å². The van der Waals surface area contributed by atoms with Crippen molar-refractivity contribution in [1.82, 2.24) is 10.2 Å². The molecule has 1 heterocycles. The van der Waals surface area contributed by atoms with Gasteiger partial charge in [-0.2, -0.15) is 0 Å². The summed E-state index contributed by atoms with van der Waals surface area (Å²) in [5, 5.41) is 6.99. The Morgan fingerprint density at radius 2 is 2.00 bits per heavy atom. The Balaban J connectivity index is 1.64. The van der Waals surface area contributed by atoms with E-state index in [1.165, 1.54) is 12.0 Å². The van der Waals surface area contributed by atoms with E-state index < -0.39 is 0 Å². The minimum atomic E-state index is 0.304. The minimum Gasteiger partial charge on any atom is -0.362 e. The van der Waals surface area contributed by atoms with Crippen molar-refractivity contribution in [3.8, 4) is 0 Å². The Kier molecular flexibility index (Phi) is 6.65. The molecular weight excluding hydrogens is 294 g/mol. The van der Waals surface area contributed by atoms with E-state index in [0.29, 0.717) is 17.4 Å². The van der Waals surface area contributed by atoms with E-state index in [2.05, 4.69) is 29.7 Å². The highest BCUT2D eigenvalue weighted by Crippen LogP contribution is 2.11. The normalized spacial score (nSPS) is 15.3. The molecule has 1 fully saturated rings. The molecule has 4 nitrogen and oxygen atoms in total. The summed E-state index contributed by atoms with van der Waals surface area (Å²) in [7, 11) is 0. The van der Waals surface area contributed by atoms with E-state index in [4.69, 9.17) is 12.2 Å². The number of anilines is 1. The predicted octanol–water partition coefficient (Wildman–Crippen LogP) is 3.07. The molecule has 0 aromatic heterocycles. The number of rotatable bonds is 5. The summed E-state index contributed by atoms with van der Waals surface area (Å²) in [5.41, 5.74) is 2.22. The van der Waals surface area contributed by atoms with E-state index in [1.807, 2.05) is 17.0 Å². The summed E-state index contributed by atoms with van der Waals surface area (Å²) in [6.07, 6.45) is 4.97. The molecule has 2 rings (SSSR count). The van der Waals surface area contributed by atoms with Gasteiger partial charge in [0.25, 0.3) is 0 Å². The van der Waals surface area contributed by atoms with Crippen molar-refractivity contribution in [3.63, 3.8) is 0 Å². The van der Waals surface area contributed by atoms with Crippen LogP contribution in [0.15, 0.2) is 24.3 Å². The largest absolute Gasteiger partial charge is 0.362 e. The minimum absolute atomic E-state index is 0.304. The van der Waals surface area contributed by atoms with Gasteiger partial charge in [0.15, 0.2) is 5.11 Å². The number of hydrogen-bond donors (Lipinski definition) is 2. The van der Waals surface area contributed by atoms with Crippen LogP contribution in [0.1, 0.15) is 37.7 Å².